The summed E-state index contributed by atoms with van der Waals surface area (Å²) in [5.74, 6) is 0. The Morgan fingerprint density at radius 3 is 1.50 bits per heavy atom. The molecule has 0 saturated heterocycles. The molecule has 244 valence electrons. The molecular formula is C50H33NO. The van der Waals surface area contributed by atoms with Crippen LogP contribution in [-0.4, -0.2) is 0 Å². The fraction of sp³-hybridized carbons (Fsp3) is 0. The fourth-order valence-corrected chi connectivity index (χ4v) is 5.59. The van der Waals surface area contributed by atoms with Crippen molar-refractivity contribution in [1.29, 1.82) is 0 Å². The molecule has 0 N–H and O–H groups in total. The van der Waals surface area contributed by atoms with Crippen LogP contribution in [0.25, 0.3) is 76.9 Å². The van der Waals surface area contributed by atoms with Crippen LogP contribution in [0.2, 0.25) is 0 Å². The van der Waals surface area contributed by atoms with E-state index in [1.165, 1.54) is 0 Å². The molecule has 1 heterocycles. The van der Waals surface area contributed by atoms with E-state index in [1.54, 1.807) is 0 Å². The van der Waals surface area contributed by atoms with Crippen molar-refractivity contribution in [3.63, 3.8) is 0 Å². The van der Waals surface area contributed by atoms with E-state index in [0.717, 1.165) is 0 Å². The molecule has 0 fully saturated rings. The zero-order valence-corrected chi connectivity index (χ0v) is 25.9. The standard InChI is InChI=1S/C50H33NO/c1-3-12-34(13-4-1)36-22-27-40(28-23-36)51(41-29-24-37(25-30-41)35-14-5-2-6-15-35)47-33-32-45(44-21-11-18-38-16-7-9-19-42(38)44)50-48(47)46-31-26-39-17-8-10-20-43(39)49(46)52-50/h1-33H/i1D,2D,3D,4D,5D,6D,7D,8D,9D,10D,11D,12D,13D,14D,15D,16D,17D,18D,19D,20D,21D,22D,23D,24D,25D,26D,27D,28D,29D,30D,31D,32D,33D. The lowest BCUT2D eigenvalue weighted by atomic mass is 9.95. The molecule has 0 atom stereocenters. The number of hydrogen-bond acceptors (Lipinski definition) is 2. The summed E-state index contributed by atoms with van der Waals surface area (Å²) >= 11 is 0. The van der Waals surface area contributed by atoms with Crippen molar-refractivity contribution in [2.45, 2.75) is 0 Å². The Morgan fingerprint density at radius 1 is 0.346 bits per heavy atom. The molecule has 0 radical (unpaired) electrons. The van der Waals surface area contributed by atoms with E-state index in [-0.39, 0.29) is 0 Å². The van der Waals surface area contributed by atoms with Crippen molar-refractivity contribution in [2.24, 2.45) is 0 Å². The van der Waals surface area contributed by atoms with Gasteiger partial charge in [-0.05, 0) is 86.3 Å². The van der Waals surface area contributed by atoms with E-state index in [4.69, 9.17) is 31.8 Å². The van der Waals surface area contributed by atoms with Gasteiger partial charge in [0, 0.05) is 27.7 Å². The fourth-order valence-electron chi connectivity index (χ4n) is 5.59. The Morgan fingerprint density at radius 2 is 0.865 bits per heavy atom. The first-order valence-electron chi connectivity index (χ1n) is 31.6. The van der Waals surface area contributed by atoms with E-state index in [0.29, 0.717) is 4.90 Å². The number of furan rings is 1. The maximum absolute atomic E-state index is 10.1. The Hall–Kier alpha value is -6.90. The lowest BCUT2D eigenvalue weighted by molar-refractivity contribution is 0.674. The highest BCUT2D eigenvalue weighted by Gasteiger charge is 2.24. The van der Waals surface area contributed by atoms with Gasteiger partial charge in [0.05, 0.1) is 56.3 Å². The SMILES string of the molecule is [2H]c1c([2H])c([2H])c(-c2c([2H])c([2H])c(N(c3c([2H])c([2H])c(-c4c([2H])c([2H])c([2H])c([2H])c4[2H])c([2H])c3[2H])c3c([2H])c([2H])c(-c4c([2H])c([2H])c([2H])c5c([2H])c([2H])c([2H])c([2H])c45)c4oc5c6c([2H])c([2H])c([2H])c([2H])c6c([2H])c([2H])c5c34)c([2H])c2[2H])c([2H])c1[2H]. The highest BCUT2D eigenvalue weighted by Crippen LogP contribution is 2.48. The first-order chi connectivity index (χ1) is 39.5. The largest absolute Gasteiger partial charge is 0.455 e. The van der Waals surface area contributed by atoms with Crippen molar-refractivity contribution in [3.05, 3.63) is 199 Å². The number of anilines is 3. The minimum atomic E-state index is -1.34. The first kappa shape index (κ1) is 11.6. The third-order valence-electron chi connectivity index (χ3n) is 7.86. The van der Waals surface area contributed by atoms with Crippen LogP contribution in [0.3, 0.4) is 0 Å². The average molecular weight is 697 g/mol. The van der Waals surface area contributed by atoms with Gasteiger partial charge in [0.15, 0.2) is 0 Å². The Kier molecular flexibility index (Phi) is 2.77. The molecule has 0 saturated carbocycles. The van der Waals surface area contributed by atoms with Gasteiger partial charge in [0.1, 0.15) is 11.2 Å². The first-order valence-corrected chi connectivity index (χ1v) is 15.1. The van der Waals surface area contributed by atoms with Gasteiger partial charge in [0.25, 0.3) is 0 Å². The number of nitrogens with zero attached hydrogens (tertiary/aromatic N) is 1. The highest BCUT2D eigenvalue weighted by molar-refractivity contribution is 6.22. The molecule has 2 heteroatoms. The zero-order chi connectivity index (χ0) is 63.2. The summed E-state index contributed by atoms with van der Waals surface area (Å²) in [6.45, 7) is 0. The van der Waals surface area contributed by atoms with Crippen LogP contribution in [0.4, 0.5) is 17.1 Å². The van der Waals surface area contributed by atoms with Crippen molar-refractivity contribution in [3.8, 4) is 33.4 Å². The van der Waals surface area contributed by atoms with Crippen LogP contribution in [-0.2, 0) is 0 Å². The van der Waals surface area contributed by atoms with E-state index >= 15 is 0 Å². The summed E-state index contributed by atoms with van der Waals surface area (Å²) in [5.41, 5.74) is -10.8. The van der Waals surface area contributed by atoms with Gasteiger partial charge in [0.2, 0.25) is 0 Å². The third-order valence-corrected chi connectivity index (χ3v) is 7.86. The van der Waals surface area contributed by atoms with E-state index in [1.807, 2.05) is 0 Å². The van der Waals surface area contributed by atoms with E-state index in [2.05, 4.69) is 0 Å². The van der Waals surface area contributed by atoms with Gasteiger partial charge in [-0.3, -0.25) is 0 Å². The maximum Gasteiger partial charge on any atom is 0.145 e. The molecule has 0 spiro atoms. The minimum Gasteiger partial charge on any atom is -0.455 e. The van der Waals surface area contributed by atoms with Crippen molar-refractivity contribution >= 4 is 60.5 Å². The molecular weight excluding hydrogens is 631 g/mol. The summed E-state index contributed by atoms with van der Waals surface area (Å²) in [5, 5.41) is -4.49. The number of hydrogen-bond donors (Lipinski definition) is 0. The van der Waals surface area contributed by atoms with Gasteiger partial charge >= 0.3 is 0 Å². The van der Waals surface area contributed by atoms with Gasteiger partial charge in [-0.15, -0.1) is 0 Å². The predicted octanol–water partition coefficient (Wildman–Crippen LogP) is 14.4. The zero-order valence-electron chi connectivity index (χ0n) is 58.9. The molecule has 2 nitrogen and oxygen atoms in total. The average Bonchev–Trinajstić information content (AvgIpc) is 1.85. The second kappa shape index (κ2) is 12.5. The number of rotatable bonds is 6. The minimum absolute atomic E-state index is 0.336. The smallest absolute Gasteiger partial charge is 0.145 e. The quantitative estimate of drug-likeness (QED) is 0.172. The summed E-state index contributed by atoms with van der Waals surface area (Å²) in [6, 6.07) is -35.3. The summed E-state index contributed by atoms with van der Waals surface area (Å²) in [6.07, 6.45) is 0. The van der Waals surface area contributed by atoms with Gasteiger partial charge in [-0.25, -0.2) is 0 Å². The summed E-state index contributed by atoms with van der Waals surface area (Å²) < 4.78 is 304. The molecule has 0 aliphatic rings. The van der Waals surface area contributed by atoms with Crippen molar-refractivity contribution in [2.75, 3.05) is 4.90 Å². The van der Waals surface area contributed by atoms with Crippen molar-refractivity contribution in [1.82, 2.24) is 0 Å². The number of fused-ring (bicyclic) bond motifs is 6. The van der Waals surface area contributed by atoms with Crippen LogP contribution in [0.5, 0.6) is 0 Å². The Labute approximate surface area is 348 Å². The highest BCUT2D eigenvalue weighted by atomic mass is 16.3. The third kappa shape index (κ3) is 5.04. The predicted molar refractivity (Wildman–Crippen MR) is 220 cm³/mol. The van der Waals surface area contributed by atoms with Crippen LogP contribution in [0.1, 0.15) is 45.2 Å². The van der Waals surface area contributed by atoms with E-state index < -0.39 is 293 Å². The van der Waals surface area contributed by atoms with Crippen molar-refractivity contribution < 1.29 is 49.7 Å². The molecule has 0 aliphatic heterocycles. The van der Waals surface area contributed by atoms with Gasteiger partial charge < -0.3 is 9.32 Å². The lowest BCUT2D eigenvalue weighted by Crippen LogP contribution is -2.10. The molecule has 10 rings (SSSR count). The molecule has 0 aliphatic carbocycles. The molecule has 52 heavy (non-hydrogen) atoms. The van der Waals surface area contributed by atoms with Crippen LogP contribution >= 0.6 is 0 Å². The normalized spacial score (nSPS) is 20.3. The summed E-state index contributed by atoms with van der Waals surface area (Å²) in [7, 11) is 0. The van der Waals surface area contributed by atoms with Crippen LogP contribution < -0.4 is 4.90 Å². The van der Waals surface area contributed by atoms with E-state index in [9.17, 15) is 17.8 Å². The molecule has 9 aromatic carbocycles. The molecule has 0 bridgehead atoms. The molecule has 0 unspecified atom stereocenters. The maximum atomic E-state index is 10.1. The molecule has 10 aromatic rings. The second-order valence-electron chi connectivity index (χ2n) is 10.8. The topological polar surface area (TPSA) is 16.4 Å². The Balaban J connectivity index is 1.53. The molecule has 0 amide bonds. The second-order valence-corrected chi connectivity index (χ2v) is 10.8. The monoisotopic (exact) mass is 696 g/mol. The van der Waals surface area contributed by atoms with Crippen LogP contribution in [0, 0.1) is 0 Å². The Bertz CT molecular complexity index is 4560. The lowest BCUT2D eigenvalue weighted by Gasteiger charge is -2.27. The summed E-state index contributed by atoms with van der Waals surface area (Å²) in [4.78, 5) is 0.336. The van der Waals surface area contributed by atoms with Crippen LogP contribution in [0.15, 0.2) is 204 Å². The van der Waals surface area contributed by atoms with Gasteiger partial charge in [-0.2, -0.15) is 0 Å². The van der Waals surface area contributed by atoms with Gasteiger partial charge in [-0.1, -0.05) is 157 Å². The number of benzene rings is 9. The molecule has 1 aromatic heterocycles.